The summed E-state index contributed by atoms with van der Waals surface area (Å²) in [6, 6.07) is 7.99. The SMILES string of the molecule is CC(C)CN[C@H]1[C@H]([C@H](O)[C@H](O)CO)OC(C(=O)[O-])=C[C@@H]1n1cc2ccccc2c1C#N.[Na+]. The Morgan fingerprint density at radius 3 is 2.62 bits per heavy atom. The molecule has 10 heteroatoms. The summed E-state index contributed by atoms with van der Waals surface area (Å²) in [5.74, 6) is -1.88. The van der Waals surface area contributed by atoms with Gasteiger partial charge in [-0.25, -0.2) is 0 Å². The number of carbonyl (C=O) groups excluding carboxylic acids is 1. The second kappa shape index (κ2) is 11.3. The first-order valence-corrected chi connectivity index (χ1v) is 10.1. The van der Waals surface area contributed by atoms with E-state index in [4.69, 9.17) is 4.74 Å². The van der Waals surface area contributed by atoms with E-state index < -0.39 is 48.7 Å². The molecule has 0 bridgehead atoms. The van der Waals surface area contributed by atoms with E-state index >= 15 is 0 Å². The fourth-order valence-electron chi connectivity index (χ4n) is 3.83. The third kappa shape index (κ3) is 5.35. The van der Waals surface area contributed by atoms with E-state index in [1.165, 1.54) is 6.08 Å². The van der Waals surface area contributed by atoms with Crippen LogP contribution in [0.2, 0.25) is 0 Å². The summed E-state index contributed by atoms with van der Waals surface area (Å²) in [5.41, 5.74) is 0.323. The fourth-order valence-corrected chi connectivity index (χ4v) is 3.83. The van der Waals surface area contributed by atoms with Crippen molar-refractivity contribution in [3.63, 3.8) is 0 Å². The molecule has 5 atom stereocenters. The summed E-state index contributed by atoms with van der Waals surface area (Å²) in [5, 5.41) is 56.2. The number of aliphatic hydroxyl groups is 3. The number of aliphatic hydroxyl groups excluding tert-OH is 3. The summed E-state index contributed by atoms with van der Waals surface area (Å²) in [7, 11) is 0. The summed E-state index contributed by atoms with van der Waals surface area (Å²) in [6.07, 6.45) is -1.28. The summed E-state index contributed by atoms with van der Waals surface area (Å²) >= 11 is 0. The Hall–Kier alpha value is -1.90. The van der Waals surface area contributed by atoms with Gasteiger partial charge in [0.2, 0.25) is 0 Å². The van der Waals surface area contributed by atoms with Crippen molar-refractivity contribution in [3.05, 3.63) is 48.0 Å². The zero-order valence-electron chi connectivity index (χ0n) is 18.3. The molecule has 4 N–H and O–H groups in total. The van der Waals surface area contributed by atoms with Crippen LogP contribution in [0.1, 0.15) is 25.6 Å². The van der Waals surface area contributed by atoms with Crippen LogP contribution in [0.3, 0.4) is 0 Å². The van der Waals surface area contributed by atoms with Crippen LogP contribution in [0, 0.1) is 17.2 Å². The number of nitrogens with zero attached hydrogens (tertiary/aromatic N) is 2. The Balaban J connectivity index is 0.00000363. The van der Waals surface area contributed by atoms with Crippen LogP contribution < -0.4 is 40.0 Å². The maximum atomic E-state index is 11.6. The largest absolute Gasteiger partial charge is 1.00 e. The van der Waals surface area contributed by atoms with E-state index in [1.807, 2.05) is 26.0 Å². The predicted octanol–water partition coefficient (Wildman–Crippen LogP) is -3.58. The maximum Gasteiger partial charge on any atom is 1.00 e. The smallest absolute Gasteiger partial charge is 0.542 e. The van der Waals surface area contributed by atoms with Crippen molar-refractivity contribution in [2.24, 2.45) is 5.92 Å². The summed E-state index contributed by atoms with van der Waals surface area (Å²) in [4.78, 5) is 11.6. The van der Waals surface area contributed by atoms with Crippen molar-refractivity contribution < 1.29 is 59.5 Å². The number of carboxylic acid groups (broad SMARTS) is 1. The Morgan fingerprint density at radius 2 is 2.03 bits per heavy atom. The standard InChI is InChI=1S/C22H27N3O6.Na/c1-12(2)9-24-19-15(25-10-13-5-3-4-6-14(13)16(25)8-23)7-18(22(29)30)31-21(19)20(28)17(27)11-26;/h3-7,10,12,15,17,19-21,24,26-28H,9,11H2,1-2H3,(H,29,30);/q;+1/p-1/t15-,17+,19+,20+,21+;/m0./s1. The van der Waals surface area contributed by atoms with Gasteiger partial charge in [-0.1, -0.05) is 38.1 Å². The average Bonchev–Trinajstić information content (AvgIpc) is 3.14. The van der Waals surface area contributed by atoms with Gasteiger partial charge in [-0.15, -0.1) is 0 Å². The zero-order chi connectivity index (χ0) is 22.7. The van der Waals surface area contributed by atoms with Gasteiger partial charge in [0.15, 0.2) is 0 Å². The average molecular weight is 451 g/mol. The maximum absolute atomic E-state index is 11.6. The first-order valence-electron chi connectivity index (χ1n) is 10.1. The number of aliphatic carboxylic acids is 1. The zero-order valence-corrected chi connectivity index (χ0v) is 20.3. The number of hydrogen-bond donors (Lipinski definition) is 4. The number of ether oxygens (including phenoxy) is 1. The van der Waals surface area contributed by atoms with E-state index in [0.29, 0.717) is 17.6 Å². The first-order chi connectivity index (χ1) is 14.8. The number of fused-ring (bicyclic) bond motifs is 1. The molecule has 0 aliphatic carbocycles. The molecule has 1 aliphatic rings. The Bertz CT molecular complexity index is 1010. The third-order valence-electron chi connectivity index (χ3n) is 5.37. The molecular formula is C22H26N3NaO6. The minimum atomic E-state index is -1.59. The molecule has 9 nitrogen and oxygen atoms in total. The van der Waals surface area contributed by atoms with Crippen LogP contribution in [0.25, 0.3) is 10.8 Å². The van der Waals surface area contributed by atoms with Gasteiger partial charge in [0.25, 0.3) is 0 Å². The molecular weight excluding hydrogens is 425 g/mol. The van der Waals surface area contributed by atoms with Gasteiger partial charge in [-0.2, -0.15) is 5.26 Å². The first kappa shape index (κ1) is 26.4. The van der Waals surface area contributed by atoms with E-state index in [9.17, 15) is 30.5 Å². The molecule has 166 valence electrons. The monoisotopic (exact) mass is 451 g/mol. The number of carbonyl (C=O) groups is 1. The number of aromatic nitrogens is 1. The Labute approximate surface area is 208 Å². The van der Waals surface area contributed by atoms with Gasteiger partial charge < -0.3 is 39.8 Å². The summed E-state index contributed by atoms with van der Waals surface area (Å²) < 4.78 is 7.13. The van der Waals surface area contributed by atoms with Crippen LogP contribution in [0.4, 0.5) is 0 Å². The minimum Gasteiger partial charge on any atom is -0.542 e. The van der Waals surface area contributed by atoms with Crippen molar-refractivity contribution in [1.82, 2.24) is 9.88 Å². The van der Waals surface area contributed by atoms with E-state index in [2.05, 4.69) is 11.4 Å². The van der Waals surface area contributed by atoms with Crippen LogP contribution in [-0.2, 0) is 9.53 Å². The van der Waals surface area contributed by atoms with Crippen molar-refractivity contribution in [1.29, 1.82) is 5.26 Å². The van der Waals surface area contributed by atoms with Gasteiger partial charge in [0.1, 0.15) is 41.8 Å². The van der Waals surface area contributed by atoms with Gasteiger partial charge in [0.05, 0.1) is 18.7 Å². The molecule has 0 fully saturated rings. The van der Waals surface area contributed by atoms with Crippen LogP contribution >= 0.6 is 0 Å². The molecule has 2 aromatic rings. The topological polar surface area (TPSA) is 151 Å². The summed E-state index contributed by atoms with van der Waals surface area (Å²) in [6.45, 7) is 3.73. The van der Waals surface area contributed by atoms with Crippen LogP contribution in [-0.4, -0.2) is 63.4 Å². The van der Waals surface area contributed by atoms with Gasteiger partial charge >= 0.3 is 29.6 Å². The van der Waals surface area contributed by atoms with Crippen molar-refractivity contribution in [2.75, 3.05) is 13.2 Å². The van der Waals surface area contributed by atoms with Crippen molar-refractivity contribution in [2.45, 2.75) is 44.2 Å². The normalized spacial score (nSPS) is 22.4. The number of hydrogen-bond acceptors (Lipinski definition) is 8. The van der Waals surface area contributed by atoms with E-state index in [-0.39, 0.29) is 35.5 Å². The number of nitriles is 1. The molecule has 0 saturated heterocycles. The predicted molar refractivity (Wildman–Crippen MR) is 109 cm³/mol. The molecule has 0 unspecified atom stereocenters. The molecule has 0 radical (unpaired) electrons. The second-order valence-corrected chi connectivity index (χ2v) is 8.04. The van der Waals surface area contributed by atoms with E-state index in [1.54, 1.807) is 22.9 Å². The molecule has 1 aromatic heterocycles. The molecule has 32 heavy (non-hydrogen) atoms. The number of nitrogens with one attached hydrogen (secondary N) is 1. The fraction of sp³-hybridized carbons (Fsp3) is 0.455. The van der Waals surface area contributed by atoms with Crippen LogP contribution in [0.5, 0.6) is 0 Å². The quantitative estimate of drug-likeness (QED) is 0.301. The number of benzene rings is 1. The number of rotatable bonds is 8. The second-order valence-electron chi connectivity index (χ2n) is 8.04. The molecule has 0 amide bonds. The van der Waals surface area contributed by atoms with Crippen molar-refractivity contribution >= 4 is 16.7 Å². The minimum absolute atomic E-state index is 0. The van der Waals surface area contributed by atoms with Gasteiger partial charge in [-0.3, -0.25) is 0 Å². The molecule has 2 heterocycles. The Morgan fingerprint density at radius 1 is 1.34 bits per heavy atom. The Kier molecular flexibility index (Phi) is 9.30. The third-order valence-corrected chi connectivity index (χ3v) is 5.37. The molecule has 0 spiro atoms. The van der Waals surface area contributed by atoms with Crippen molar-refractivity contribution in [3.8, 4) is 6.07 Å². The molecule has 3 rings (SSSR count). The van der Waals surface area contributed by atoms with Crippen LogP contribution in [0.15, 0.2) is 42.3 Å². The molecule has 0 saturated carbocycles. The van der Waals surface area contributed by atoms with Gasteiger partial charge in [-0.05, 0) is 18.5 Å². The van der Waals surface area contributed by atoms with E-state index in [0.717, 1.165) is 5.39 Å². The molecule has 1 aromatic carbocycles. The van der Waals surface area contributed by atoms with Gasteiger partial charge in [0, 0.05) is 17.0 Å². The molecule has 1 aliphatic heterocycles. The number of carboxylic acids is 1.